The molecular weight excluding hydrogens is 258 g/mol. The van der Waals surface area contributed by atoms with Gasteiger partial charge in [-0.25, -0.2) is 0 Å². The van der Waals surface area contributed by atoms with Crippen LogP contribution < -0.4 is 0 Å². The highest BCUT2D eigenvalue weighted by Crippen LogP contribution is 2.25. The molecule has 1 aromatic carbocycles. The number of aliphatic hydroxyl groups excluding tert-OH is 1. The fourth-order valence-electron chi connectivity index (χ4n) is 2.92. The second-order valence-corrected chi connectivity index (χ2v) is 6.31. The van der Waals surface area contributed by atoms with Crippen molar-refractivity contribution in [3.05, 3.63) is 34.9 Å². The van der Waals surface area contributed by atoms with Crippen molar-refractivity contribution in [2.24, 2.45) is 11.8 Å². The van der Waals surface area contributed by atoms with Gasteiger partial charge in [0.1, 0.15) is 0 Å². The van der Waals surface area contributed by atoms with Gasteiger partial charge in [-0.3, -0.25) is 4.90 Å². The molecule has 0 radical (unpaired) electrons. The molecular formula is C16H24ClNO. The number of hydrogen-bond acceptors (Lipinski definition) is 2. The molecule has 19 heavy (non-hydrogen) atoms. The van der Waals surface area contributed by atoms with Crippen LogP contribution in [0.4, 0.5) is 0 Å². The van der Waals surface area contributed by atoms with Crippen LogP contribution in [0.15, 0.2) is 24.3 Å². The van der Waals surface area contributed by atoms with E-state index in [-0.39, 0.29) is 0 Å². The zero-order valence-electron chi connectivity index (χ0n) is 11.7. The van der Waals surface area contributed by atoms with E-state index >= 15 is 0 Å². The average Bonchev–Trinajstić information content (AvgIpc) is 2.41. The van der Waals surface area contributed by atoms with Gasteiger partial charge < -0.3 is 5.11 Å². The Morgan fingerprint density at radius 2 is 2.11 bits per heavy atom. The highest BCUT2D eigenvalue weighted by atomic mass is 35.5. The van der Waals surface area contributed by atoms with Crippen LogP contribution >= 0.6 is 11.6 Å². The molecule has 1 aromatic rings. The Kier molecular flexibility index (Phi) is 5.68. The minimum atomic E-state index is 0.322. The van der Waals surface area contributed by atoms with E-state index in [0.717, 1.165) is 30.6 Å². The van der Waals surface area contributed by atoms with E-state index < -0.39 is 0 Å². The van der Waals surface area contributed by atoms with E-state index in [1.54, 1.807) is 0 Å². The third kappa shape index (κ3) is 4.79. The summed E-state index contributed by atoms with van der Waals surface area (Å²) in [6, 6.07) is 8.15. The summed E-state index contributed by atoms with van der Waals surface area (Å²) in [5, 5.41) is 9.94. The van der Waals surface area contributed by atoms with E-state index in [9.17, 15) is 0 Å². The Morgan fingerprint density at radius 3 is 2.74 bits per heavy atom. The average molecular weight is 282 g/mol. The number of rotatable bonds is 5. The van der Waals surface area contributed by atoms with E-state index in [1.165, 1.54) is 24.8 Å². The van der Waals surface area contributed by atoms with Gasteiger partial charge in [-0.1, -0.05) is 30.7 Å². The molecule has 2 rings (SSSR count). The Labute approximate surface area is 121 Å². The maximum absolute atomic E-state index is 9.12. The predicted molar refractivity (Wildman–Crippen MR) is 80.3 cm³/mol. The minimum Gasteiger partial charge on any atom is -0.396 e. The number of halogens is 1. The first kappa shape index (κ1) is 14.8. The molecule has 1 aliphatic rings. The lowest BCUT2D eigenvalue weighted by Crippen LogP contribution is -2.33. The van der Waals surface area contributed by atoms with Crippen molar-refractivity contribution in [3.63, 3.8) is 0 Å². The lowest BCUT2D eigenvalue weighted by Gasteiger charge is -2.33. The predicted octanol–water partition coefficient (Wildman–Crippen LogP) is 3.57. The molecule has 106 valence electrons. The molecule has 1 N–H and O–H groups in total. The van der Waals surface area contributed by atoms with Crippen LogP contribution in [0.5, 0.6) is 0 Å². The van der Waals surface area contributed by atoms with Crippen LogP contribution in [0, 0.1) is 11.8 Å². The van der Waals surface area contributed by atoms with Crippen LogP contribution in [0.3, 0.4) is 0 Å². The maximum atomic E-state index is 9.12. The lowest BCUT2D eigenvalue weighted by atomic mass is 9.88. The molecule has 2 nitrogen and oxygen atoms in total. The number of likely N-dealkylation sites (tertiary alicyclic amines) is 1. The quantitative estimate of drug-likeness (QED) is 0.892. The number of piperidine rings is 1. The molecule has 0 spiro atoms. The largest absolute Gasteiger partial charge is 0.396 e. The summed E-state index contributed by atoms with van der Waals surface area (Å²) in [5.41, 5.74) is 1.30. The van der Waals surface area contributed by atoms with Gasteiger partial charge in [0.05, 0.1) is 0 Å². The molecule has 1 saturated heterocycles. The third-order valence-corrected chi connectivity index (χ3v) is 4.28. The number of benzene rings is 1. The summed E-state index contributed by atoms with van der Waals surface area (Å²) in [5.74, 6) is 1.24. The summed E-state index contributed by atoms with van der Waals surface area (Å²) >= 11 is 6.02. The minimum absolute atomic E-state index is 0.322. The fourth-order valence-corrected chi connectivity index (χ4v) is 3.13. The molecule has 0 aromatic heterocycles. The van der Waals surface area contributed by atoms with Crippen molar-refractivity contribution in [1.29, 1.82) is 0 Å². The zero-order chi connectivity index (χ0) is 13.7. The van der Waals surface area contributed by atoms with Crippen LogP contribution in [-0.4, -0.2) is 29.7 Å². The van der Waals surface area contributed by atoms with E-state index in [1.807, 2.05) is 12.1 Å². The Morgan fingerprint density at radius 1 is 1.37 bits per heavy atom. The molecule has 1 atom stereocenters. The van der Waals surface area contributed by atoms with Crippen LogP contribution in [0.25, 0.3) is 0 Å². The Hall–Kier alpha value is -0.570. The van der Waals surface area contributed by atoms with Crippen LogP contribution in [0.2, 0.25) is 5.02 Å². The lowest BCUT2D eigenvalue weighted by molar-refractivity contribution is 0.145. The fraction of sp³-hybridized carbons (Fsp3) is 0.625. The van der Waals surface area contributed by atoms with E-state index in [0.29, 0.717) is 12.5 Å². The Bertz CT molecular complexity index is 388. The molecule has 3 heteroatoms. The molecule has 1 heterocycles. The van der Waals surface area contributed by atoms with Gasteiger partial charge in [0.2, 0.25) is 0 Å². The van der Waals surface area contributed by atoms with Crippen molar-refractivity contribution in [2.45, 2.75) is 32.7 Å². The summed E-state index contributed by atoms with van der Waals surface area (Å²) in [6.45, 7) is 5.79. The first-order valence-corrected chi connectivity index (χ1v) is 7.63. The summed E-state index contributed by atoms with van der Waals surface area (Å²) in [4.78, 5) is 2.51. The topological polar surface area (TPSA) is 23.5 Å². The monoisotopic (exact) mass is 281 g/mol. The molecule has 1 unspecified atom stereocenters. The van der Waals surface area contributed by atoms with Gasteiger partial charge in [0.25, 0.3) is 0 Å². The Balaban J connectivity index is 1.77. The first-order valence-electron chi connectivity index (χ1n) is 7.25. The summed E-state index contributed by atoms with van der Waals surface area (Å²) in [6.07, 6.45) is 3.68. The van der Waals surface area contributed by atoms with Crippen LogP contribution in [-0.2, 0) is 6.54 Å². The van der Waals surface area contributed by atoms with Gasteiger partial charge in [0.15, 0.2) is 0 Å². The molecule has 1 fully saturated rings. The molecule has 0 saturated carbocycles. The van der Waals surface area contributed by atoms with Crippen molar-refractivity contribution in [1.82, 2.24) is 4.90 Å². The first-order chi connectivity index (χ1) is 9.17. The standard InChI is InChI=1S/C16H24ClNO/c1-13(12-19)9-14-5-7-18(8-6-14)11-15-3-2-4-16(17)10-15/h2-4,10,13-14,19H,5-9,11-12H2,1H3. The highest BCUT2D eigenvalue weighted by molar-refractivity contribution is 6.30. The van der Waals surface area contributed by atoms with Gasteiger partial charge in [0, 0.05) is 18.2 Å². The van der Waals surface area contributed by atoms with Crippen molar-refractivity contribution in [3.8, 4) is 0 Å². The summed E-state index contributed by atoms with van der Waals surface area (Å²) in [7, 11) is 0. The zero-order valence-corrected chi connectivity index (χ0v) is 12.4. The van der Waals surface area contributed by atoms with Crippen LogP contribution in [0.1, 0.15) is 31.7 Å². The second-order valence-electron chi connectivity index (χ2n) is 5.87. The maximum Gasteiger partial charge on any atom is 0.0456 e. The number of aliphatic hydroxyl groups is 1. The third-order valence-electron chi connectivity index (χ3n) is 4.05. The SMILES string of the molecule is CC(CO)CC1CCN(Cc2cccc(Cl)c2)CC1. The van der Waals surface area contributed by atoms with E-state index in [2.05, 4.69) is 24.0 Å². The number of hydrogen-bond donors (Lipinski definition) is 1. The van der Waals surface area contributed by atoms with Gasteiger partial charge in [-0.15, -0.1) is 0 Å². The molecule has 0 bridgehead atoms. The second kappa shape index (κ2) is 7.28. The highest BCUT2D eigenvalue weighted by Gasteiger charge is 2.20. The van der Waals surface area contributed by atoms with Gasteiger partial charge in [-0.2, -0.15) is 0 Å². The van der Waals surface area contributed by atoms with Crippen molar-refractivity contribution >= 4 is 11.6 Å². The van der Waals surface area contributed by atoms with E-state index in [4.69, 9.17) is 16.7 Å². The van der Waals surface area contributed by atoms with Crippen molar-refractivity contribution < 1.29 is 5.11 Å². The number of nitrogens with zero attached hydrogens (tertiary/aromatic N) is 1. The van der Waals surface area contributed by atoms with Gasteiger partial charge >= 0.3 is 0 Å². The van der Waals surface area contributed by atoms with Gasteiger partial charge in [-0.05, 0) is 61.9 Å². The summed E-state index contributed by atoms with van der Waals surface area (Å²) < 4.78 is 0. The smallest absolute Gasteiger partial charge is 0.0456 e. The molecule has 1 aliphatic heterocycles. The molecule has 0 aliphatic carbocycles. The molecule has 0 amide bonds. The van der Waals surface area contributed by atoms with Crippen molar-refractivity contribution in [2.75, 3.05) is 19.7 Å². The normalized spacial score (nSPS) is 19.5.